The van der Waals surface area contributed by atoms with Crippen molar-refractivity contribution in [2.75, 3.05) is 0 Å². The Morgan fingerprint density at radius 1 is 1.36 bits per heavy atom. The van der Waals surface area contributed by atoms with E-state index in [0.29, 0.717) is 11.8 Å². The number of hydrogen-bond acceptors (Lipinski definition) is 1. The first-order valence-electron chi connectivity index (χ1n) is 4.44. The summed E-state index contributed by atoms with van der Waals surface area (Å²) in [5.74, 6) is 0.917. The van der Waals surface area contributed by atoms with Crippen LogP contribution in [0, 0.1) is 11.8 Å². The van der Waals surface area contributed by atoms with Crippen LogP contribution in [-0.4, -0.2) is 6.29 Å². The van der Waals surface area contributed by atoms with Crippen molar-refractivity contribution in [1.82, 2.24) is 0 Å². The van der Waals surface area contributed by atoms with Gasteiger partial charge < -0.3 is 4.79 Å². The molecule has 1 rings (SSSR count). The van der Waals surface area contributed by atoms with Crippen LogP contribution in [0.3, 0.4) is 0 Å². The first kappa shape index (κ1) is 8.51. The van der Waals surface area contributed by atoms with Gasteiger partial charge in [0.05, 0.1) is 0 Å². The van der Waals surface area contributed by atoms with Gasteiger partial charge in [-0.3, -0.25) is 0 Å². The number of allylic oxidation sites excluding steroid dienone is 1. The molecule has 0 amide bonds. The third-order valence-corrected chi connectivity index (χ3v) is 2.61. The van der Waals surface area contributed by atoms with E-state index in [1.54, 1.807) is 0 Å². The monoisotopic (exact) mass is 152 g/mol. The van der Waals surface area contributed by atoms with Gasteiger partial charge in [-0.25, -0.2) is 0 Å². The Balaban J connectivity index is 2.43. The van der Waals surface area contributed by atoms with E-state index in [1.807, 2.05) is 6.08 Å². The lowest BCUT2D eigenvalue weighted by molar-refractivity contribution is -0.113. The molecule has 0 bridgehead atoms. The molecular formula is C10H16O. The number of rotatable bonds is 3. The molecule has 0 aromatic rings. The average molecular weight is 152 g/mol. The summed E-state index contributed by atoms with van der Waals surface area (Å²) in [6, 6.07) is 0. The van der Waals surface area contributed by atoms with Gasteiger partial charge in [0.15, 0.2) is 0 Å². The predicted molar refractivity (Wildman–Crippen MR) is 46.3 cm³/mol. The summed E-state index contributed by atoms with van der Waals surface area (Å²) >= 11 is 0. The molecule has 0 unspecified atom stereocenters. The van der Waals surface area contributed by atoms with Gasteiger partial charge in [-0.15, -0.1) is 6.58 Å². The minimum Gasteiger partial charge on any atom is -0.303 e. The van der Waals surface area contributed by atoms with Crippen molar-refractivity contribution in [3.8, 4) is 0 Å². The standard InChI is InChI=1S/C10H16O/c1-2-5-9-6-3-4-7-10(9)8-11/h2,8-10H,1,3-7H2/t9-,10+/m0/s1. The van der Waals surface area contributed by atoms with Gasteiger partial charge in [0.2, 0.25) is 0 Å². The second kappa shape index (κ2) is 4.32. The maximum Gasteiger partial charge on any atom is 0.123 e. The lowest BCUT2D eigenvalue weighted by Gasteiger charge is -2.26. The molecule has 1 saturated carbocycles. The van der Waals surface area contributed by atoms with Gasteiger partial charge in [0.1, 0.15) is 6.29 Å². The summed E-state index contributed by atoms with van der Waals surface area (Å²) < 4.78 is 0. The molecule has 0 spiro atoms. The van der Waals surface area contributed by atoms with Crippen LogP contribution in [0.5, 0.6) is 0 Å². The minimum absolute atomic E-state index is 0.321. The molecule has 0 aromatic heterocycles. The maximum atomic E-state index is 10.6. The summed E-state index contributed by atoms with van der Waals surface area (Å²) in [5, 5.41) is 0. The highest BCUT2D eigenvalue weighted by molar-refractivity contribution is 5.54. The third-order valence-electron chi connectivity index (χ3n) is 2.61. The summed E-state index contributed by atoms with van der Waals surface area (Å²) in [5.41, 5.74) is 0. The molecule has 1 nitrogen and oxygen atoms in total. The van der Waals surface area contributed by atoms with Crippen molar-refractivity contribution in [2.45, 2.75) is 32.1 Å². The second-order valence-electron chi connectivity index (χ2n) is 3.37. The van der Waals surface area contributed by atoms with Crippen molar-refractivity contribution in [3.05, 3.63) is 12.7 Å². The molecule has 0 aromatic carbocycles. The van der Waals surface area contributed by atoms with Crippen LogP contribution in [-0.2, 0) is 4.79 Å². The molecule has 2 atom stereocenters. The Labute approximate surface area is 68.5 Å². The van der Waals surface area contributed by atoms with Crippen molar-refractivity contribution in [2.24, 2.45) is 11.8 Å². The molecule has 62 valence electrons. The van der Waals surface area contributed by atoms with E-state index in [1.165, 1.54) is 19.3 Å². The fourth-order valence-corrected chi connectivity index (χ4v) is 1.92. The Hall–Kier alpha value is -0.590. The molecule has 0 aliphatic heterocycles. The van der Waals surface area contributed by atoms with Crippen molar-refractivity contribution in [1.29, 1.82) is 0 Å². The molecule has 1 aliphatic carbocycles. The van der Waals surface area contributed by atoms with E-state index in [2.05, 4.69) is 6.58 Å². The maximum absolute atomic E-state index is 10.6. The van der Waals surface area contributed by atoms with Gasteiger partial charge in [-0.2, -0.15) is 0 Å². The van der Waals surface area contributed by atoms with Crippen LogP contribution in [0.15, 0.2) is 12.7 Å². The topological polar surface area (TPSA) is 17.1 Å². The third kappa shape index (κ3) is 2.18. The quantitative estimate of drug-likeness (QED) is 0.448. The zero-order valence-corrected chi connectivity index (χ0v) is 6.96. The highest BCUT2D eigenvalue weighted by Crippen LogP contribution is 2.30. The Bertz CT molecular complexity index is 140. The predicted octanol–water partition coefficient (Wildman–Crippen LogP) is 2.57. The second-order valence-corrected chi connectivity index (χ2v) is 3.37. The van der Waals surface area contributed by atoms with E-state index in [0.717, 1.165) is 19.1 Å². The van der Waals surface area contributed by atoms with Gasteiger partial charge in [0, 0.05) is 5.92 Å². The molecule has 1 heteroatoms. The Morgan fingerprint density at radius 2 is 2.09 bits per heavy atom. The van der Waals surface area contributed by atoms with E-state index in [9.17, 15) is 4.79 Å². The van der Waals surface area contributed by atoms with Gasteiger partial charge in [-0.1, -0.05) is 18.9 Å². The van der Waals surface area contributed by atoms with Crippen LogP contribution in [0.4, 0.5) is 0 Å². The van der Waals surface area contributed by atoms with Crippen LogP contribution in [0.25, 0.3) is 0 Å². The molecule has 0 saturated heterocycles. The van der Waals surface area contributed by atoms with Crippen LogP contribution in [0.1, 0.15) is 32.1 Å². The molecule has 0 N–H and O–H groups in total. The number of hydrogen-bond donors (Lipinski definition) is 0. The van der Waals surface area contributed by atoms with Crippen molar-refractivity contribution < 1.29 is 4.79 Å². The molecule has 1 fully saturated rings. The van der Waals surface area contributed by atoms with Gasteiger partial charge >= 0.3 is 0 Å². The van der Waals surface area contributed by atoms with Crippen LogP contribution >= 0.6 is 0 Å². The lowest BCUT2D eigenvalue weighted by Crippen LogP contribution is -2.19. The number of carbonyl (C=O) groups is 1. The van der Waals surface area contributed by atoms with E-state index < -0.39 is 0 Å². The van der Waals surface area contributed by atoms with Gasteiger partial charge in [0.25, 0.3) is 0 Å². The molecule has 1 aliphatic rings. The Kier molecular flexibility index (Phi) is 3.34. The Morgan fingerprint density at radius 3 is 2.73 bits per heavy atom. The highest BCUT2D eigenvalue weighted by atomic mass is 16.1. The van der Waals surface area contributed by atoms with Crippen LogP contribution in [0.2, 0.25) is 0 Å². The molecule has 11 heavy (non-hydrogen) atoms. The fraction of sp³-hybridized carbons (Fsp3) is 0.700. The zero-order chi connectivity index (χ0) is 8.10. The summed E-state index contributed by atoms with van der Waals surface area (Å²) in [6.07, 6.45) is 8.93. The zero-order valence-electron chi connectivity index (χ0n) is 6.96. The van der Waals surface area contributed by atoms with Crippen molar-refractivity contribution in [3.63, 3.8) is 0 Å². The summed E-state index contributed by atoms with van der Waals surface area (Å²) in [6.45, 7) is 3.71. The average Bonchev–Trinajstić information content (AvgIpc) is 2.06. The molecule has 0 heterocycles. The lowest BCUT2D eigenvalue weighted by atomic mass is 9.78. The normalized spacial score (nSPS) is 31.3. The molecular weight excluding hydrogens is 136 g/mol. The minimum atomic E-state index is 0.321. The van der Waals surface area contributed by atoms with Crippen LogP contribution < -0.4 is 0 Å². The van der Waals surface area contributed by atoms with E-state index in [4.69, 9.17) is 0 Å². The smallest absolute Gasteiger partial charge is 0.123 e. The first-order chi connectivity index (χ1) is 5.38. The highest BCUT2D eigenvalue weighted by Gasteiger charge is 2.22. The summed E-state index contributed by atoms with van der Waals surface area (Å²) in [4.78, 5) is 10.6. The first-order valence-corrected chi connectivity index (χ1v) is 4.44. The fourth-order valence-electron chi connectivity index (χ4n) is 1.92. The SMILES string of the molecule is C=CC[C@H]1CCCC[C@@H]1C=O. The summed E-state index contributed by atoms with van der Waals surface area (Å²) in [7, 11) is 0. The number of aldehydes is 1. The van der Waals surface area contributed by atoms with Crippen molar-refractivity contribution >= 4 is 6.29 Å². The van der Waals surface area contributed by atoms with E-state index in [-0.39, 0.29) is 0 Å². The van der Waals surface area contributed by atoms with E-state index >= 15 is 0 Å². The van der Waals surface area contributed by atoms with Gasteiger partial charge in [-0.05, 0) is 25.2 Å². The number of carbonyl (C=O) groups excluding carboxylic acids is 1. The molecule has 0 radical (unpaired) electrons. The largest absolute Gasteiger partial charge is 0.303 e.